The summed E-state index contributed by atoms with van der Waals surface area (Å²) in [7, 11) is 0. The van der Waals surface area contributed by atoms with E-state index in [1.54, 1.807) is 0 Å². The number of benzene rings is 1. The molecule has 3 nitrogen and oxygen atoms in total. The number of anilines is 1. The highest BCUT2D eigenvalue weighted by molar-refractivity contribution is 9.10. The molecule has 0 bridgehead atoms. The maximum atomic E-state index is 4.56. The third-order valence-corrected chi connectivity index (χ3v) is 4.65. The van der Waals surface area contributed by atoms with E-state index in [9.17, 15) is 0 Å². The second-order valence-corrected chi connectivity index (χ2v) is 6.87. The molecule has 0 saturated carbocycles. The van der Waals surface area contributed by atoms with Gasteiger partial charge in [0.25, 0.3) is 0 Å². The van der Waals surface area contributed by atoms with Gasteiger partial charge in [-0.05, 0) is 47.0 Å². The Morgan fingerprint density at radius 3 is 2.68 bits per heavy atom. The van der Waals surface area contributed by atoms with Crippen LogP contribution in [0, 0.1) is 0 Å². The van der Waals surface area contributed by atoms with Crippen molar-refractivity contribution in [2.75, 3.05) is 24.5 Å². The SMILES string of the molecule is CC1CN(Cc2ccccc2)CCCN1c1ccc(Br)cn1. The van der Waals surface area contributed by atoms with Gasteiger partial charge >= 0.3 is 0 Å². The molecule has 1 aliphatic rings. The Bertz CT molecular complexity index is 585. The average molecular weight is 360 g/mol. The molecule has 1 aliphatic heterocycles. The van der Waals surface area contributed by atoms with Gasteiger partial charge in [0.2, 0.25) is 0 Å². The summed E-state index contributed by atoms with van der Waals surface area (Å²) >= 11 is 3.46. The van der Waals surface area contributed by atoms with Gasteiger partial charge in [-0.15, -0.1) is 0 Å². The zero-order chi connectivity index (χ0) is 15.4. The molecule has 1 aromatic heterocycles. The van der Waals surface area contributed by atoms with Crippen molar-refractivity contribution in [1.29, 1.82) is 0 Å². The molecule has 0 aliphatic carbocycles. The summed E-state index contributed by atoms with van der Waals surface area (Å²) in [6.07, 6.45) is 3.06. The number of rotatable bonds is 3. The Balaban J connectivity index is 1.67. The summed E-state index contributed by atoms with van der Waals surface area (Å²) in [6, 6.07) is 15.4. The lowest BCUT2D eigenvalue weighted by atomic mass is 10.2. The van der Waals surface area contributed by atoms with E-state index in [4.69, 9.17) is 0 Å². The van der Waals surface area contributed by atoms with Gasteiger partial charge < -0.3 is 4.90 Å². The number of pyridine rings is 1. The van der Waals surface area contributed by atoms with Crippen molar-refractivity contribution < 1.29 is 0 Å². The third-order valence-electron chi connectivity index (χ3n) is 4.18. The van der Waals surface area contributed by atoms with Crippen LogP contribution < -0.4 is 4.90 Å². The van der Waals surface area contributed by atoms with Crippen LogP contribution in [0.1, 0.15) is 18.9 Å². The van der Waals surface area contributed by atoms with Crippen molar-refractivity contribution >= 4 is 21.7 Å². The first-order valence-corrected chi connectivity index (χ1v) is 8.66. The lowest BCUT2D eigenvalue weighted by Crippen LogP contribution is -2.39. The number of aromatic nitrogens is 1. The second-order valence-electron chi connectivity index (χ2n) is 5.95. The standard InChI is InChI=1S/C18H22BrN3/c1-15-13-21(14-16-6-3-2-4-7-16)10-5-11-22(15)18-9-8-17(19)12-20-18/h2-4,6-9,12,15H,5,10-11,13-14H2,1H3. The largest absolute Gasteiger partial charge is 0.353 e. The lowest BCUT2D eigenvalue weighted by molar-refractivity contribution is 0.268. The Labute approximate surface area is 141 Å². The third kappa shape index (κ3) is 3.87. The molecule has 4 heteroatoms. The van der Waals surface area contributed by atoms with Gasteiger partial charge in [-0.1, -0.05) is 30.3 Å². The quantitative estimate of drug-likeness (QED) is 0.827. The highest BCUT2D eigenvalue weighted by Crippen LogP contribution is 2.21. The first-order chi connectivity index (χ1) is 10.7. The summed E-state index contributed by atoms with van der Waals surface area (Å²) in [4.78, 5) is 9.55. The number of halogens is 1. The van der Waals surface area contributed by atoms with Crippen LogP contribution in [0.4, 0.5) is 5.82 Å². The van der Waals surface area contributed by atoms with Crippen LogP contribution in [0.3, 0.4) is 0 Å². The fourth-order valence-electron chi connectivity index (χ4n) is 3.11. The summed E-state index contributed by atoms with van der Waals surface area (Å²) in [6.45, 7) is 6.62. The van der Waals surface area contributed by atoms with E-state index in [1.807, 2.05) is 6.20 Å². The zero-order valence-corrected chi connectivity index (χ0v) is 14.5. The number of nitrogens with zero attached hydrogens (tertiary/aromatic N) is 3. The van der Waals surface area contributed by atoms with Crippen molar-refractivity contribution in [1.82, 2.24) is 9.88 Å². The molecule has 2 heterocycles. The van der Waals surface area contributed by atoms with Crippen LogP contribution in [0.25, 0.3) is 0 Å². The minimum Gasteiger partial charge on any atom is -0.353 e. The molecule has 1 fully saturated rings. The van der Waals surface area contributed by atoms with Crippen LogP contribution in [0.5, 0.6) is 0 Å². The minimum absolute atomic E-state index is 0.472. The second kappa shape index (κ2) is 7.25. The maximum Gasteiger partial charge on any atom is 0.128 e. The topological polar surface area (TPSA) is 19.4 Å². The van der Waals surface area contributed by atoms with E-state index in [1.165, 1.54) is 12.0 Å². The van der Waals surface area contributed by atoms with Gasteiger partial charge in [-0.25, -0.2) is 4.98 Å². The molecule has 0 radical (unpaired) electrons. The van der Waals surface area contributed by atoms with E-state index in [2.05, 4.69) is 80.1 Å². The maximum absolute atomic E-state index is 4.56. The first kappa shape index (κ1) is 15.5. The van der Waals surface area contributed by atoms with Gasteiger partial charge in [-0.2, -0.15) is 0 Å². The lowest BCUT2D eigenvalue weighted by Gasteiger charge is -2.30. The molecule has 1 aromatic carbocycles. The van der Waals surface area contributed by atoms with Crippen LogP contribution >= 0.6 is 15.9 Å². The smallest absolute Gasteiger partial charge is 0.128 e. The van der Waals surface area contributed by atoms with Gasteiger partial charge in [0.1, 0.15) is 5.82 Å². The summed E-state index contributed by atoms with van der Waals surface area (Å²) in [5.74, 6) is 1.08. The van der Waals surface area contributed by atoms with Crippen molar-refractivity contribution in [2.24, 2.45) is 0 Å². The van der Waals surface area contributed by atoms with Crippen LogP contribution in [-0.4, -0.2) is 35.6 Å². The highest BCUT2D eigenvalue weighted by Gasteiger charge is 2.22. The van der Waals surface area contributed by atoms with Gasteiger partial charge in [-0.3, -0.25) is 4.90 Å². The van der Waals surface area contributed by atoms with Crippen molar-refractivity contribution in [2.45, 2.75) is 25.9 Å². The summed E-state index contributed by atoms with van der Waals surface area (Å²) < 4.78 is 1.03. The molecule has 0 spiro atoms. The van der Waals surface area contributed by atoms with E-state index >= 15 is 0 Å². The minimum atomic E-state index is 0.472. The monoisotopic (exact) mass is 359 g/mol. The summed E-state index contributed by atoms with van der Waals surface area (Å²) in [5, 5.41) is 0. The molecule has 2 aromatic rings. The van der Waals surface area contributed by atoms with Crippen LogP contribution in [0.15, 0.2) is 53.1 Å². The molecule has 1 saturated heterocycles. The molecule has 3 rings (SSSR count). The molecular formula is C18H22BrN3. The molecular weight excluding hydrogens is 338 g/mol. The number of hydrogen-bond donors (Lipinski definition) is 0. The Hall–Kier alpha value is -1.39. The summed E-state index contributed by atoms with van der Waals surface area (Å²) in [5.41, 5.74) is 1.39. The van der Waals surface area contributed by atoms with E-state index < -0.39 is 0 Å². The molecule has 116 valence electrons. The van der Waals surface area contributed by atoms with Crippen molar-refractivity contribution in [3.63, 3.8) is 0 Å². The predicted octanol–water partition coefficient (Wildman–Crippen LogP) is 3.94. The van der Waals surface area contributed by atoms with E-state index in [0.717, 1.165) is 36.5 Å². The van der Waals surface area contributed by atoms with Crippen molar-refractivity contribution in [3.05, 3.63) is 58.7 Å². The molecule has 1 unspecified atom stereocenters. The van der Waals surface area contributed by atoms with Gasteiger partial charge in [0, 0.05) is 42.9 Å². The fraction of sp³-hybridized carbons (Fsp3) is 0.389. The first-order valence-electron chi connectivity index (χ1n) is 7.87. The Kier molecular flexibility index (Phi) is 5.11. The Morgan fingerprint density at radius 2 is 1.95 bits per heavy atom. The van der Waals surface area contributed by atoms with Crippen LogP contribution in [0.2, 0.25) is 0 Å². The van der Waals surface area contributed by atoms with Gasteiger partial charge in [0.05, 0.1) is 0 Å². The number of hydrogen-bond acceptors (Lipinski definition) is 3. The van der Waals surface area contributed by atoms with Crippen LogP contribution in [-0.2, 0) is 6.54 Å². The molecule has 0 N–H and O–H groups in total. The van der Waals surface area contributed by atoms with Gasteiger partial charge in [0.15, 0.2) is 0 Å². The highest BCUT2D eigenvalue weighted by atomic mass is 79.9. The zero-order valence-electron chi connectivity index (χ0n) is 13.0. The average Bonchev–Trinajstić information content (AvgIpc) is 2.71. The van der Waals surface area contributed by atoms with E-state index in [0.29, 0.717) is 6.04 Å². The van der Waals surface area contributed by atoms with E-state index in [-0.39, 0.29) is 0 Å². The normalized spacial score (nSPS) is 19.9. The molecule has 1 atom stereocenters. The predicted molar refractivity (Wildman–Crippen MR) is 95.1 cm³/mol. The fourth-order valence-corrected chi connectivity index (χ4v) is 3.35. The Morgan fingerprint density at radius 1 is 1.14 bits per heavy atom. The van der Waals surface area contributed by atoms with Crippen molar-refractivity contribution in [3.8, 4) is 0 Å². The molecule has 0 amide bonds. The molecule has 22 heavy (non-hydrogen) atoms.